The lowest BCUT2D eigenvalue weighted by atomic mass is 9.96. The Hall–Kier alpha value is -3.62. The number of hydrogen-bond acceptors (Lipinski definition) is 7. The molecule has 0 saturated carbocycles. The molecule has 1 aromatic carbocycles. The lowest BCUT2D eigenvalue weighted by molar-refractivity contribution is 0.175. The first-order chi connectivity index (χ1) is 17.2. The first-order valence-corrected chi connectivity index (χ1v) is 12.1. The lowest BCUT2D eigenvalue weighted by Crippen LogP contribution is -2.36. The maximum Gasteiger partial charge on any atom is 0.258 e. The van der Waals surface area contributed by atoms with E-state index in [1.165, 1.54) is 18.4 Å². The van der Waals surface area contributed by atoms with Crippen LogP contribution in [0.1, 0.15) is 29.9 Å². The smallest absolute Gasteiger partial charge is 0.258 e. The fourth-order valence-corrected chi connectivity index (χ4v) is 4.54. The maximum absolute atomic E-state index is 12.6. The van der Waals surface area contributed by atoms with Crippen molar-refractivity contribution >= 4 is 10.9 Å². The Kier molecular flexibility index (Phi) is 7.41. The normalized spacial score (nSPS) is 14.9. The van der Waals surface area contributed by atoms with Gasteiger partial charge in [-0.1, -0.05) is 30.3 Å². The fourth-order valence-electron chi connectivity index (χ4n) is 4.54. The minimum absolute atomic E-state index is 0.165. The number of nitrogens with zero attached hydrogens (tertiary/aromatic N) is 4. The van der Waals surface area contributed by atoms with E-state index >= 15 is 0 Å². The number of aromatic nitrogens is 4. The van der Waals surface area contributed by atoms with Crippen LogP contribution in [0.4, 0.5) is 0 Å². The molecule has 2 N–H and O–H groups in total. The molecule has 180 valence electrons. The van der Waals surface area contributed by atoms with Crippen molar-refractivity contribution in [2.75, 3.05) is 19.6 Å². The zero-order chi connectivity index (χ0) is 23.9. The summed E-state index contributed by atoms with van der Waals surface area (Å²) in [5.41, 5.74) is 2.59. The number of ether oxygens (including phenoxy) is 1. The van der Waals surface area contributed by atoms with Crippen LogP contribution < -0.4 is 15.6 Å². The number of likely N-dealkylation sites (tertiary alicyclic amines) is 1. The molecular weight excluding hydrogens is 440 g/mol. The van der Waals surface area contributed by atoms with Gasteiger partial charge in [0.2, 0.25) is 0 Å². The molecule has 0 radical (unpaired) electrons. The van der Waals surface area contributed by atoms with Gasteiger partial charge in [0.05, 0.1) is 11.1 Å². The third kappa shape index (κ3) is 6.09. The predicted molar refractivity (Wildman–Crippen MR) is 135 cm³/mol. The summed E-state index contributed by atoms with van der Waals surface area (Å²) in [6, 6.07) is 15.9. The van der Waals surface area contributed by atoms with Gasteiger partial charge in [-0.05, 0) is 62.2 Å². The molecule has 8 nitrogen and oxygen atoms in total. The van der Waals surface area contributed by atoms with Crippen molar-refractivity contribution in [1.29, 1.82) is 0 Å². The molecule has 3 aromatic heterocycles. The third-order valence-corrected chi connectivity index (χ3v) is 6.46. The summed E-state index contributed by atoms with van der Waals surface area (Å²) >= 11 is 0. The molecule has 5 rings (SSSR count). The van der Waals surface area contributed by atoms with Gasteiger partial charge >= 0.3 is 0 Å². The van der Waals surface area contributed by atoms with Crippen LogP contribution in [-0.2, 0) is 19.7 Å². The van der Waals surface area contributed by atoms with E-state index in [9.17, 15) is 4.79 Å². The van der Waals surface area contributed by atoms with Crippen molar-refractivity contribution in [3.05, 3.63) is 94.6 Å². The van der Waals surface area contributed by atoms with Gasteiger partial charge in [-0.2, -0.15) is 0 Å². The van der Waals surface area contributed by atoms with Crippen LogP contribution in [0.3, 0.4) is 0 Å². The van der Waals surface area contributed by atoms with E-state index in [-0.39, 0.29) is 12.2 Å². The number of nitrogens with one attached hydrogen (secondary N) is 2. The number of rotatable bonds is 9. The second-order valence-electron chi connectivity index (χ2n) is 8.97. The van der Waals surface area contributed by atoms with E-state index in [1.54, 1.807) is 36.8 Å². The lowest BCUT2D eigenvalue weighted by Gasteiger charge is -2.32. The number of aromatic amines is 1. The molecule has 0 amide bonds. The Labute approximate surface area is 204 Å². The number of benzene rings is 1. The van der Waals surface area contributed by atoms with Crippen LogP contribution in [0.25, 0.3) is 10.9 Å². The second kappa shape index (κ2) is 11.2. The maximum atomic E-state index is 12.6. The standard InChI is InChI=1S/C27H30N6O2/c34-27-23-8-13-30-24(26(23)31-25(32-27)19-35-22-6-11-28-12-7-22)17-29-16-20-9-14-33(15-10-20)18-21-4-2-1-3-5-21/h1-8,11-13,20,29H,9-10,14-19H2,(H,31,32,34). The highest BCUT2D eigenvalue weighted by molar-refractivity contribution is 5.79. The van der Waals surface area contributed by atoms with E-state index in [0.29, 0.717) is 34.9 Å². The minimum Gasteiger partial charge on any atom is -0.486 e. The van der Waals surface area contributed by atoms with Gasteiger partial charge in [-0.15, -0.1) is 0 Å². The van der Waals surface area contributed by atoms with Crippen molar-refractivity contribution in [3.63, 3.8) is 0 Å². The van der Waals surface area contributed by atoms with Crippen molar-refractivity contribution < 1.29 is 4.74 Å². The highest BCUT2D eigenvalue weighted by atomic mass is 16.5. The quantitative estimate of drug-likeness (QED) is 0.387. The molecule has 35 heavy (non-hydrogen) atoms. The zero-order valence-corrected chi connectivity index (χ0v) is 19.7. The van der Waals surface area contributed by atoms with Crippen LogP contribution in [0.15, 0.2) is 71.9 Å². The summed E-state index contributed by atoms with van der Waals surface area (Å²) in [7, 11) is 0. The van der Waals surface area contributed by atoms with Crippen LogP contribution in [0.2, 0.25) is 0 Å². The molecule has 0 bridgehead atoms. The molecule has 4 heterocycles. The Bertz CT molecular complexity index is 1290. The first-order valence-electron chi connectivity index (χ1n) is 12.1. The fraction of sp³-hybridized carbons (Fsp3) is 0.333. The molecule has 0 atom stereocenters. The van der Waals surface area contributed by atoms with Crippen molar-refractivity contribution in [2.45, 2.75) is 32.5 Å². The van der Waals surface area contributed by atoms with Gasteiger partial charge in [-0.25, -0.2) is 4.98 Å². The van der Waals surface area contributed by atoms with E-state index in [1.807, 2.05) is 0 Å². The Morgan fingerprint density at radius 3 is 2.63 bits per heavy atom. The minimum atomic E-state index is -0.183. The van der Waals surface area contributed by atoms with Gasteiger partial charge < -0.3 is 15.0 Å². The van der Waals surface area contributed by atoms with Crippen molar-refractivity contribution in [2.24, 2.45) is 5.92 Å². The topological polar surface area (TPSA) is 96.0 Å². The van der Waals surface area contributed by atoms with E-state index in [0.717, 1.165) is 31.9 Å². The molecule has 4 aromatic rings. The molecule has 1 fully saturated rings. The van der Waals surface area contributed by atoms with Gasteiger partial charge in [-0.3, -0.25) is 19.7 Å². The SMILES string of the molecule is O=c1[nH]c(COc2ccncc2)nc2c(CNCC3CCN(Cc4ccccc4)CC3)nccc12. The highest BCUT2D eigenvalue weighted by Gasteiger charge is 2.19. The molecular formula is C27H30N6O2. The monoisotopic (exact) mass is 470 g/mol. The Balaban J connectivity index is 1.16. The second-order valence-corrected chi connectivity index (χ2v) is 8.97. The van der Waals surface area contributed by atoms with E-state index in [2.05, 4.69) is 60.5 Å². The van der Waals surface area contributed by atoms with Gasteiger partial charge in [0, 0.05) is 31.7 Å². The summed E-state index contributed by atoms with van der Waals surface area (Å²) in [6.45, 7) is 4.92. The molecule has 0 unspecified atom stereocenters. The van der Waals surface area contributed by atoms with Crippen molar-refractivity contribution in [3.8, 4) is 5.75 Å². The predicted octanol–water partition coefficient (Wildman–Crippen LogP) is 3.29. The average molecular weight is 471 g/mol. The van der Waals surface area contributed by atoms with Gasteiger partial charge in [0.1, 0.15) is 23.7 Å². The Morgan fingerprint density at radius 1 is 1.03 bits per heavy atom. The number of pyridine rings is 2. The first kappa shape index (κ1) is 23.1. The average Bonchev–Trinajstić information content (AvgIpc) is 2.90. The number of hydrogen-bond donors (Lipinski definition) is 2. The van der Waals surface area contributed by atoms with E-state index < -0.39 is 0 Å². The number of piperidine rings is 1. The summed E-state index contributed by atoms with van der Waals surface area (Å²) in [6.07, 6.45) is 7.35. The molecule has 1 aliphatic rings. The Morgan fingerprint density at radius 2 is 1.83 bits per heavy atom. The highest BCUT2D eigenvalue weighted by Crippen LogP contribution is 2.19. The summed E-state index contributed by atoms with van der Waals surface area (Å²) in [5.74, 6) is 1.78. The summed E-state index contributed by atoms with van der Waals surface area (Å²) < 4.78 is 5.73. The molecule has 8 heteroatoms. The summed E-state index contributed by atoms with van der Waals surface area (Å²) in [4.78, 5) is 31.1. The van der Waals surface area contributed by atoms with Crippen molar-refractivity contribution in [1.82, 2.24) is 30.2 Å². The van der Waals surface area contributed by atoms with Crippen LogP contribution >= 0.6 is 0 Å². The molecule has 0 spiro atoms. The van der Waals surface area contributed by atoms with Gasteiger partial charge in [0.15, 0.2) is 0 Å². The number of fused-ring (bicyclic) bond motifs is 1. The van der Waals surface area contributed by atoms with E-state index in [4.69, 9.17) is 4.74 Å². The van der Waals surface area contributed by atoms with Crippen LogP contribution in [0.5, 0.6) is 5.75 Å². The van der Waals surface area contributed by atoms with Crippen LogP contribution in [-0.4, -0.2) is 44.5 Å². The van der Waals surface area contributed by atoms with Crippen LogP contribution in [0, 0.1) is 5.92 Å². The largest absolute Gasteiger partial charge is 0.486 e. The molecule has 1 saturated heterocycles. The number of H-pyrrole nitrogens is 1. The molecule has 1 aliphatic heterocycles. The summed E-state index contributed by atoms with van der Waals surface area (Å²) in [5, 5.41) is 4.09. The van der Waals surface area contributed by atoms with Gasteiger partial charge in [0.25, 0.3) is 5.56 Å². The zero-order valence-electron chi connectivity index (χ0n) is 19.7. The third-order valence-electron chi connectivity index (χ3n) is 6.46. The molecule has 0 aliphatic carbocycles.